The first-order valence-electron chi connectivity index (χ1n) is 6.85. The van der Waals surface area contributed by atoms with Crippen molar-refractivity contribution in [2.45, 2.75) is 37.8 Å². The molecule has 0 aliphatic carbocycles. The van der Waals surface area contributed by atoms with E-state index in [9.17, 15) is 18.0 Å². The van der Waals surface area contributed by atoms with E-state index in [0.29, 0.717) is 5.02 Å². The SMILES string of the molecule is CC(NS(=O)(=O)c1ccc(Cl)cc1)C(=O)N[C@@H](C(=O)O)C(C)C. The number of amides is 1. The summed E-state index contributed by atoms with van der Waals surface area (Å²) >= 11 is 5.70. The summed E-state index contributed by atoms with van der Waals surface area (Å²) in [6.07, 6.45) is 0. The van der Waals surface area contributed by atoms with Crippen LogP contribution in [-0.2, 0) is 19.6 Å². The molecule has 3 N–H and O–H groups in total. The predicted octanol–water partition coefficient (Wildman–Crippen LogP) is 1.23. The lowest BCUT2D eigenvalue weighted by Gasteiger charge is -2.21. The van der Waals surface area contributed by atoms with Gasteiger partial charge in [-0.25, -0.2) is 13.2 Å². The molecule has 9 heteroatoms. The minimum Gasteiger partial charge on any atom is -0.480 e. The van der Waals surface area contributed by atoms with Gasteiger partial charge in [0.1, 0.15) is 6.04 Å². The van der Waals surface area contributed by atoms with Crippen LogP contribution < -0.4 is 10.0 Å². The third-order valence-corrected chi connectivity index (χ3v) is 4.89. The zero-order valence-electron chi connectivity index (χ0n) is 12.9. The van der Waals surface area contributed by atoms with Crippen LogP contribution in [-0.4, -0.2) is 37.5 Å². The molecule has 0 radical (unpaired) electrons. The molecule has 1 unspecified atom stereocenters. The van der Waals surface area contributed by atoms with Crippen molar-refractivity contribution in [3.05, 3.63) is 29.3 Å². The Morgan fingerprint density at radius 1 is 1.13 bits per heavy atom. The zero-order valence-corrected chi connectivity index (χ0v) is 14.5. The predicted molar refractivity (Wildman–Crippen MR) is 85.6 cm³/mol. The van der Waals surface area contributed by atoms with Gasteiger partial charge in [-0.05, 0) is 37.1 Å². The molecule has 0 saturated heterocycles. The van der Waals surface area contributed by atoms with Gasteiger partial charge in [-0.1, -0.05) is 25.4 Å². The maximum Gasteiger partial charge on any atom is 0.326 e. The van der Waals surface area contributed by atoms with Gasteiger partial charge in [-0.3, -0.25) is 4.79 Å². The normalized spacial score (nSPS) is 14.3. The largest absolute Gasteiger partial charge is 0.480 e. The van der Waals surface area contributed by atoms with Gasteiger partial charge < -0.3 is 10.4 Å². The van der Waals surface area contributed by atoms with Gasteiger partial charge in [-0.2, -0.15) is 4.72 Å². The topological polar surface area (TPSA) is 113 Å². The Hall–Kier alpha value is -1.64. The van der Waals surface area contributed by atoms with E-state index in [1.807, 2.05) is 0 Å². The van der Waals surface area contributed by atoms with E-state index in [4.69, 9.17) is 16.7 Å². The summed E-state index contributed by atoms with van der Waals surface area (Å²) in [6, 6.07) is 3.23. The number of carbonyl (C=O) groups is 2. The molecule has 23 heavy (non-hydrogen) atoms. The van der Waals surface area contributed by atoms with Crippen LogP contribution in [0.3, 0.4) is 0 Å². The maximum absolute atomic E-state index is 12.2. The highest BCUT2D eigenvalue weighted by Crippen LogP contribution is 2.14. The van der Waals surface area contributed by atoms with Crippen molar-refractivity contribution in [2.75, 3.05) is 0 Å². The molecule has 1 aromatic rings. The fourth-order valence-electron chi connectivity index (χ4n) is 1.76. The molecule has 0 aliphatic rings. The highest BCUT2D eigenvalue weighted by Gasteiger charge is 2.28. The van der Waals surface area contributed by atoms with Crippen LogP contribution in [0.4, 0.5) is 0 Å². The molecule has 0 bridgehead atoms. The molecule has 1 amide bonds. The molecular weight excluding hydrogens is 344 g/mol. The summed E-state index contributed by atoms with van der Waals surface area (Å²) in [5, 5.41) is 11.7. The molecule has 2 atom stereocenters. The number of carbonyl (C=O) groups excluding carboxylic acids is 1. The van der Waals surface area contributed by atoms with Gasteiger partial charge in [0.15, 0.2) is 0 Å². The molecule has 0 heterocycles. The van der Waals surface area contributed by atoms with E-state index in [2.05, 4.69) is 10.0 Å². The van der Waals surface area contributed by atoms with Crippen LogP contribution in [0.2, 0.25) is 5.02 Å². The standard InChI is InChI=1S/C14H19ClN2O5S/c1-8(2)12(14(19)20)16-13(18)9(3)17-23(21,22)11-6-4-10(15)5-7-11/h4-9,12,17H,1-3H3,(H,16,18)(H,19,20)/t9?,12-/m1/s1. The van der Waals surface area contributed by atoms with Crippen molar-refractivity contribution < 1.29 is 23.1 Å². The van der Waals surface area contributed by atoms with Gasteiger partial charge in [0.2, 0.25) is 15.9 Å². The first-order chi connectivity index (χ1) is 10.5. The first kappa shape index (κ1) is 19.4. The Morgan fingerprint density at radius 2 is 1.65 bits per heavy atom. The van der Waals surface area contributed by atoms with Crippen molar-refractivity contribution in [1.29, 1.82) is 0 Å². The Kier molecular flexibility index (Phi) is 6.55. The van der Waals surface area contributed by atoms with Gasteiger partial charge in [0.05, 0.1) is 10.9 Å². The van der Waals surface area contributed by atoms with Gasteiger partial charge in [0, 0.05) is 5.02 Å². The number of benzene rings is 1. The van der Waals surface area contributed by atoms with Crippen molar-refractivity contribution in [2.24, 2.45) is 5.92 Å². The van der Waals surface area contributed by atoms with Crippen LogP contribution in [0.25, 0.3) is 0 Å². The minimum absolute atomic E-state index is 0.0415. The van der Waals surface area contributed by atoms with E-state index in [1.54, 1.807) is 13.8 Å². The van der Waals surface area contributed by atoms with Crippen LogP contribution >= 0.6 is 11.6 Å². The van der Waals surface area contributed by atoms with Crippen molar-refractivity contribution in [1.82, 2.24) is 10.0 Å². The molecule has 7 nitrogen and oxygen atoms in total. The van der Waals surface area contributed by atoms with E-state index >= 15 is 0 Å². The quantitative estimate of drug-likeness (QED) is 0.675. The number of carboxylic acid groups (broad SMARTS) is 1. The zero-order chi connectivity index (χ0) is 17.8. The Balaban J connectivity index is 2.81. The molecule has 0 fully saturated rings. The number of aliphatic carboxylic acids is 1. The second-order valence-electron chi connectivity index (χ2n) is 5.37. The number of hydrogen-bond donors (Lipinski definition) is 3. The molecular formula is C14H19ClN2O5S. The molecule has 1 aromatic carbocycles. The molecule has 128 valence electrons. The lowest BCUT2D eigenvalue weighted by molar-refractivity contribution is -0.143. The van der Waals surface area contributed by atoms with Crippen LogP contribution in [0.15, 0.2) is 29.2 Å². The Morgan fingerprint density at radius 3 is 2.09 bits per heavy atom. The lowest BCUT2D eigenvalue weighted by Crippen LogP contribution is -2.51. The fourth-order valence-corrected chi connectivity index (χ4v) is 3.09. The van der Waals surface area contributed by atoms with Crippen LogP contribution in [0, 0.1) is 5.92 Å². The first-order valence-corrected chi connectivity index (χ1v) is 8.71. The fraction of sp³-hybridized carbons (Fsp3) is 0.429. The lowest BCUT2D eigenvalue weighted by atomic mass is 10.0. The summed E-state index contributed by atoms with van der Waals surface area (Å²) in [5.41, 5.74) is 0. The van der Waals surface area contributed by atoms with Gasteiger partial charge >= 0.3 is 5.97 Å². The highest BCUT2D eigenvalue weighted by molar-refractivity contribution is 7.89. The number of halogens is 1. The highest BCUT2D eigenvalue weighted by atomic mass is 35.5. The molecule has 0 aromatic heterocycles. The molecule has 0 spiro atoms. The molecule has 1 rings (SSSR count). The monoisotopic (exact) mass is 362 g/mol. The van der Waals surface area contributed by atoms with Crippen LogP contribution in [0.1, 0.15) is 20.8 Å². The molecule has 0 aliphatic heterocycles. The summed E-state index contributed by atoms with van der Waals surface area (Å²) in [6.45, 7) is 4.62. The van der Waals surface area contributed by atoms with Crippen molar-refractivity contribution >= 4 is 33.5 Å². The van der Waals surface area contributed by atoms with E-state index < -0.39 is 34.0 Å². The number of rotatable bonds is 7. The van der Waals surface area contributed by atoms with Gasteiger partial charge in [0.25, 0.3) is 0 Å². The van der Waals surface area contributed by atoms with E-state index in [-0.39, 0.29) is 10.8 Å². The third kappa shape index (κ3) is 5.49. The summed E-state index contributed by atoms with van der Waals surface area (Å²) in [7, 11) is -3.91. The number of hydrogen-bond acceptors (Lipinski definition) is 4. The van der Waals surface area contributed by atoms with Gasteiger partial charge in [-0.15, -0.1) is 0 Å². The average Bonchev–Trinajstić information content (AvgIpc) is 2.43. The Bertz CT molecular complexity index is 673. The van der Waals surface area contributed by atoms with Crippen LogP contribution in [0.5, 0.6) is 0 Å². The molecule has 0 saturated carbocycles. The Labute approximate surface area is 140 Å². The second-order valence-corrected chi connectivity index (χ2v) is 7.52. The summed E-state index contributed by atoms with van der Waals surface area (Å²) in [5.74, 6) is -2.23. The number of carboxylic acids is 1. The van der Waals surface area contributed by atoms with E-state index in [1.165, 1.54) is 31.2 Å². The smallest absolute Gasteiger partial charge is 0.326 e. The third-order valence-electron chi connectivity index (χ3n) is 3.08. The summed E-state index contributed by atoms with van der Waals surface area (Å²) in [4.78, 5) is 23.0. The second kappa shape index (κ2) is 7.76. The van der Waals surface area contributed by atoms with Crippen molar-refractivity contribution in [3.8, 4) is 0 Å². The summed E-state index contributed by atoms with van der Waals surface area (Å²) < 4.78 is 26.5. The maximum atomic E-state index is 12.2. The number of sulfonamides is 1. The minimum atomic E-state index is -3.91. The number of nitrogens with one attached hydrogen (secondary N) is 2. The van der Waals surface area contributed by atoms with E-state index in [0.717, 1.165) is 0 Å². The average molecular weight is 363 g/mol. The van der Waals surface area contributed by atoms with Crippen molar-refractivity contribution in [3.63, 3.8) is 0 Å².